The maximum atomic E-state index is 12.8. The molecular formula is C35H27F3O4S. The molecule has 0 aliphatic carbocycles. The van der Waals surface area contributed by atoms with Crippen LogP contribution in [0.2, 0.25) is 0 Å². The smallest absolute Gasteiger partial charge is 0.416 e. The van der Waals surface area contributed by atoms with E-state index in [0.717, 1.165) is 40.8 Å². The largest absolute Gasteiger partial charge is 0.490 e. The fraction of sp³-hybridized carbons (Fsp3) is 0.171. The minimum absolute atomic E-state index is 0.193. The lowest BCUT2D eigenvalue weighted by molar-refractivity contribution is -0.139. The number of thioether (sulfide) groups is 1. The van der Waals surface area contributed by atoms with Crippen molar-refractivity contribution in [2.45, 2.75) is 29.7 Å². The van der Waals surface area contributed by atoms with Crippen LogP contribution in [0.15, 0.2) is 102 Å². The van der Waals surface area contributed by atoms with Crippen LogP contribution in [-0.2, 0) is 17.4 Å². The number of rotatable bonds is 8. The molecule has 0 saturated carbocycles. The van der Waals surface area contributed by atoms with Gasteiger partial charge in [0.05, 0.1) is 5.56 Å². The lowest BCUT2D eigenvalue weighted by Crippen LogP contribution is -2.10. The van der Waals surface area contributed by atoms with E-state index in [-0.39, 0.29) is 5.25 Å². The molecule has 0 spiro atoms. The van der Waals surface area contributed by atoms with Crippen molar-refractivity contribution in [2.75, 3.05) is 13.2 Å². The van der Waals surface area contributed by atoms with Crippen molar-refractivity contribution in [2.24, 2.45) is 0 Å². The van der Waals surface area contributed by atoms with Crippen molar-refractivity contribution in [3.63, 3.8) is 0 Å². The van der Waals surface area contributed by atoms with Gasteiger partial charge in [0, 0.05) is 21.3 Å². The minimum Gasteiger partial charge on any atom is -0.490 e. The molecule has 1 heterocycles. The Balaban J connectivity index is 1.32. The van der Waals surface area contributed by atoms with Gasteiger partial charge in [-0.25, -0.2) is 4.79 Å². The van der Waals surface area contributed by atoms with Crippen molar-refractivity contribution in [1.82, 2.24) is 0 Å². The Labute approximate surface area is 252 Å². The van der Waals surface area contributed by atoms with Gasteiger partial charge in [0.1, 0.15) is 18.1 Å². The third-order valence-electron chi connectivity index (χ3n) is 6.83. The fourth-order valence-corrected chi connectivity index (χ4v) is 6.05. The summed E-state index contributed by atoms with van der Waals surface area (Å²) in [4.78, 5) is 12.1. The Morgan fingerprint density at radius 2 is 1.63 bits per heavy atom. The van der Waals surface area contributed by atoms with Crippen molar-refractivity contribution in [3.05, 3.63) is 130 Å². The zero-order valence-electron chi connectivity index (χ0n) is 23.2. The first-order valence-electron chi connectivity index (χ1n) is 13.5. The summed E-state index contributed by atoms with van der Waals surface area (Å²) in [6.07, 6.45) is -1.41. The van der Waals surface area contributed by atoms with Gasteiger partial charge < -0.3 is 14.6 Å². The number of carboxylic acid groups (broad SMARTS) is 1. The molecule has 0 fully saturated rings. The highest BCUT2D eigenvalue weighted by molar-refractivity contribution is 8.00. The standard InChI is InChI=1S/C35H27F3O4S/c1-23-20-29(16-17-31(23)42-22-34(39)40)41-19-18-30(33-21-27-4-2-3-5-32(27)43-33)26-12-8-24(9-13-26)6-7-25-10-14-28(15-11-25)35(36,37)38/h2-5,8-18,20,33H,19,21-22H2,1H3,(H,39,40)/b30-18-. The quantitative estimate of drug-likeness (QED) is 0.208. The lowest BCUT2D eigenvalue weighted by Gasteiger charge is -2.16. The molecule has 4 nitrogen and oxygen atoms in total. The third kappa shape index (κ3) is 7.82. The first-order chi connectivity index (χ1) is 20.7. The third-order valence-corrected chi connectivity index (χ3v) is 8.18. The fourth-order valence-electron chi connectivity index (χ4n) is 4.66. The van der Waals surface area contributed by atoms with Gasteiger partial charge in [0.15, 0.2) is 6.61 Å². The number of aliphatic carboxylic acids is 1. The summed E-state index contributed by atoms with van der Waals surface area (Å²) in [5.74, 6) is 6.07. The van der Waals surface area contributed by atoms with Crippen molar-refractivity contribution in [1.29, 1.82) is 0 Å². The number of hydrogen-bond acceptors (Lipinski definition) is 4. The molecular weight excluding hydrogens is 573 g/mol. The van der Waals surface area contributed by atoms with Crippen LogP contribution < -0.4 is 9.47 Å². The monoisotopic (exact) mass is 600 g/mol. The van der Waals surface area contributed by atoms with Crippen LogP contribution in [0.1, 0.15) is 33.4 Å². The second kappa shape index (κ2) is 13.1. The van der Waals surface area contributed by atoms with E-state index in [1.54, 1.807) is 12.1 Å². The van der Waals surface area contributed by atoms with E-state index >= 15 is 0 Å². The molecule has 5 rings (SSSR count). The van der Waals surface area contributed by atoms with Crippen LogP contribution >= 0.6 is 11.8 Å². The first kappa shape index (κ1) is 29.9. The van der Waals surface area contributed by atoms with E-state index in [1.807, 2.05) is 61.2 Å². The van der Waals surface area contributed by atoms with E-state index in [2.05, 4.69) is 30.0 Å². The molecule has 0 bridgehead atoms. The number of alkyl halides is 3. The van der Waals surface area contributed by atoms with Crippen LogP contribution in [0, 0.1) is 18.8 Å². The Bertz CT molecular complexity index is 1670. The number of ether oxygens (including phenoxy) is 2. The summed E-state index contributed by atoms with van der Waals surface area (Å²) < 4.78 is 49.9. The molecule has 4 aromatic carbocycles. The van der Waals surface area contributed by atoms with E-state index in [1.165, 1.54) is 22.6 Å². The number of carboxylic acids is 1. The Kier molecular flexibility index (Phi) is 9.13. The van der Waals surface area contributed by atoms with Crippen LogP contribution in [0.5, 0.6) is 11.5 Å². The second-order valence-electron chi connectivity index (χ2n) is 9.90. The number of halogens is 3. The highest BCUT2D eigenvalue weighted by Gasteiger charge is 2.30. The molecule has 1 unspecified atom stereocenters. The molecule has 1 atom stereocenters. The topological polar surface area (TPSA) is 55.8 Å². The lowest BCUT2D eigenvalue weighted by atomic mass is 9.97. The summed E-state index contributed by atoms with van der Waals surface area (Å²) in [5.41, 5.74) is 4.79. The predicted octanol–water partition coefficient (Wildman–Crippen LogP) is 8.06. The highest BCUT2D eigenvalue weighted by Crippen LogP contribution is 2.43. The van der Waals surface area contributed by atoms with Crippen LogP contribution in [0.4, 0.5) is 13.2 Å². The number of hydrogen-bond donors (Lipinski definition) is 1. The summed E-state index contributed by atoms with van der Waals surface area (Å²) in [6.45, 7) is 1.75. The van der Waals surface area contributed by atoms with Crippen molar-refractivity contribution < 1.29 is 32.5 Å². The number of aryl methyl sites for hydroxylation is 1. The maximum Gasteiger partial charge on any atom is 0.416 e. The summed E-state index contributed by atoms with van der Waals surface area (Å²) in [5, 5.41) is 9.05. The SMILES string of the molecule is Cc1cc(OC/C=C(/c2ccc(C#Cc3ccc(C(F)(F)F)cc3)cc2)C2Cc3ccccc3S2)ccc1OCC(=O)O. The molecule has 0 saturated heterocycles. The number of fused-ring (bicyclic) bond motifs is 1. The Hall–Kier alpha value is -4.61. The number of carbonyl (C=O) groups is 1. The summed E-state index contributed by atoms with van der Waals surface area (Å²) in [6, 6.07) is 26.3. The molecule has 1 aliphatic rings. The molecule has 1 N–H and O–H groups in total. The van der Waals surface area contributed by atoms with Gasteiger partial charge in [-0.05, 0) is 102 Å². The van der Waals surface area contributed by atoms with Gasteiger partial charge >= 0.3 is 12.1 Å². The molecule has 1 aliphatic heterocycles. The van der Waals surface area contributed by atoms with Gasteiger partial charge in [0.25, 0.3) is 0 Å². The van der Waals surface area contributed by atoms with Gasteiger partial charge in [-0.2, -0.15) is 13.2 Å². The first-order valence-corrected chi connectivity index (χ1v) is 14.4. The molecule has 8 heteroatoms. The van der Waals surface area contributed by atoms with E-state index < -0.39 is 24.3 Å². The average molecular weight is 601 g/mol. The predicted molar refractivity (Wildman–Crippen MR) is 161 cm³/mol. The van der Waals surface area contributed by atoms with Gasteiger partial charge in [0.2, 0.25) is 0 Å². The summed E-state index contributed by atoms with van der Waals surface area (Å²) >= 11 is 1.82. The van der Waals surface area contributed by atoms with E-state index in [4.69, 9.17) is 14.6 Å². The molecule has 43 heavy (non-hydrogen) atoms. The second-order valence-corrected chi connectivity index (χ2v) is 11.1. The van der Waals surface area contributed by atoms with E-state index in [0.29, 0.717) is 23.7 Å². The van der Waals surface area contributed by atoms with E-state index in [9.17, 15) is 18.0 Å². The maximum absolute atomic E-state index is 12.8. The van der Waals surface area contributed by atoms with Crippen molar-refractivity contribution in [3.8, 4) is 23.3 Å². The van der Waals surface area contributed by atoms with Crippen LogP contribution in [-0.4, -0.2) is 29.5 Å². The molecule has 0 amide bonds. The van der Waals surface area contributed by atoms with Crippen LogP contribution in [0.25, 0.3) is 5.57 Å². The summed E-state index contributed by atoms with van der Waals surface area (Å²) in [7, 11) is 0. The zero-order chi connectivity index (χ0) is 30.4. The van der Waals surface area contributed by atoms with Gasteiger partial charge in [-0.1, -0.05) is 42.2 Å². The minimum atomic E-state index is -4.38. The average Bonchev–Trinajstić information content (AvgIpc) is 3.42. The van der Waals surface area contributed by atoms with Crippen molar-refractivity contribution >= 4 is 23.3 Å². The van der Waals surface area contributed by atoms with Gasteiger partial charge in [-0.15, -0.1) is 11.8 Å². The van der Waals surface area contributed by atoms with Crippen LogP contribution in [0.3, 0.4) is 0 Å². The Morgan fingerprint density at radius 1 is 0.953 bits per heavy atom. The highest BCUT2D eigenvalue weighted by atomic mass is 32.2. The molecule has 0 aromatic heterocycles. The zero-order valence-corrected chi connectivity index (χ0v) is 24.0. The van der Waals surface area contributed by atoms with Gasteiger partial charge in [-0.3, -0.25) is 0 Å². The normalized spacial score (nSPS) is 14.4. The number of benzene rings is 4. The molecule has 4 aromatic rings. The Morgan fingerprint density at radius 3 is 2.26 bits per heavy atom. The molecule has 0 radical (unpaired) electrons. The molecule has 218 valence electrons.